The molecular weight excluding hydrogens is 394 g/mol. The van der Waals surface area contributed by atoms with E-state index in [1.807, 2.05) is 37.3 Å². The summed E-state index contributed by atoms with van der Waals surface area (Å²) in [5.74, 6) is 3.10. The van der Waals surface area contributed by atoms with Gasteiger partial charge < -0.3 is 24.6 Å². The van der Waals surface area contributed by atoms with Crippen molar-refractivity contribution in [2.24, 2.45) is 4.99 Å². The third kappa shape index (κ3) is 4.78. The van der Waals surface area contributed by atoms with Crippen LogP contribution in [0.1, 0.15) is 18.4 Å². The van der Waals surface area contributed by atoms with Crippen LogP contribution in [-0.2, 0) is 13.1 Å². The molecule has 0 spiro atoms. The molecule has 2 heterocycles. The number of hydrogen-bond donors (Lipinski definition) is 2. The molecule has 2 N–H and O–H groups in total. The van der Waals surface area contributed by atoms with E-state index in [0.717, 1.165) is 29.2 Å². The van der Waals surface area contributed by atoms with Gasteiger partial charge in [-0.15, -0.1) is 0 Å². The lowest BCUT2D eigenvalue weighted by Crippen LogP contribution is -2.36. The van der Waals surface area contributed by atoms with Crippen LogP contribution in [0, 0.1) is 0 Å². The lowest BCUT2D eigenvalue weighted by molar-refractivity contribution is 0.174. The molecule has 0 fully saturated rings. The summed E-state index contributed by atoms with van der Waals surface area (Å²) in [6.45, 7) is 3.82. The maximum absolute atomic E-state index is 6.02. The van der Waals surface area contributed by atoms with E-state index in [-0.39, 0.29) is 6.79 Å². The molecule has 0 amide bonds. The fourth-order valence-electron chi connectivity index (χ4n) is 2.78. The zero-order valence-corrected chi connectivity index (χ0v) is 16.6. The summed E-state index contributed by atoms with van der Waals surface area (Å²) in [5, 5.41) is 11.0. The number of aliphatic imine (C=N–C) groups is 1. The highest BCUT2D eigenvalue weighted by molar-refractivity contribution is 6.30. The van der Waals surface area contributed by atoms with Crippen molar-refractivity contribution in [3.63, 3.8) is 0 Å². The molecule has 1 aliphatic heterocycles. The second kappa shape index (κ2) is 8.83. The molecule has 150 valence electrons. The molecule has 3 aromatic rings. The lowest BCUT2D eigenvalue weighted by atomic mass is 10.2. The Morgan fingerprint density at radius 2 is 2.03 bits per heavy atom. The van der Waals surface area contributed by atoms with Crippen molar-refractivity contribution >= 4 is 17.6 Å². The maximum atomic E-state index is 6.02. The number of ether oxygens (including phenoxy) is 2. The predicted octanol–water partition coefficient (Wildman–Crippen LogP) is 3.37. The maximum Gasteiger partial charge on any atom is 0.246 e. The van der Waals surface area contributed by atoms with Gasteiger partial charge in [0.2, 0.25) is 18.5 Å². The molecule has 1 aromatic heterocycles. The highest BCUT2D eigenvalue weighted by Crippen LogP contribution is 2.32. The Kier molecular flexibility index (Phi) is 5.81. The van der Waals surface area contributed by atoms with Gasteiger partial charge in [-0.05, 0) is 36.8 Å². The van der Waals surface area contributed by atoms with Crippen molar-refractivity contribution < 1.29 is 14.0 Å². The summed E-state index contributed by atoms with van der Waals surface area (Å²) in [5.41, 5.74) is 1.82. The zero-order valence-electron chi connectivity index (χ0n) is 15.8. The highest BCUT2D eigenvalue weighted by atomic mass is 35.5. The quantitative estimate of drug-likeness (QED) is 0.472. The molecule has 0 saturated heterocycles. The van der Waals surface area contributed by atoms with Crippen LogP contribution in [0.25, 0.3) is 11.4 Å². The Balaban J connectivity index is 1.39. The minimum atomic E-state index is 0.258. The smallest absolute Gasteiger partial charge is 0.246 e. The van der Waals surface area contributed by atoms with Gasteiger partial charge in [0, 0.05) is 17.1 Å². The standard InChI is InChI=1S/C20H20ClN5O3/c1-2-22-20(23-10-13-6-7-16-17(8-13)28-12-27-16)24-11-18-25-19(26-29-18)14-4-3-5-15(21)9-14/h3-9H,2,10-12H2,1H3,(H2,22,23,24). The number of halogens is 1. The van der Waals surface area contributed by atoms with Crippen LogP contribution < -0.4 is 20.1 Å². The fourth-order valence-corrected chi connectivity index (χ4v) is 2.97. The summed E-state index contributed by atoms with van der Waals surface area (Å²) in [6, 6.07) is 13.1. The van der Waals surface area contributed by atoms with E-state index in [1.165, 1.54) is 0 Å². The van der Waals surface area contributed by atoms with Gasteiger partial charge in [0.25, 0.3) is 0 Å². The summed E-state index contributed by atoms with van der Waals surface area (Å²) < 4.78 is 16.1. The zero-order chi connectivity index (χ0) is 20.1. The van der Waals surface area contributed by atoms with E-state index >= 15 is 0 Å². The van der Waals surface area contributed by atoms with Gasteiger partial charge >= 0.3 is 0 Å². The monoisotopic (exact) mass is 413 g/mol. The van der Waals surface area contributed by atoms with Crippen molar-refractivity contribution in [2.75, 3.05) is 13.3 Å². The number of nitrogens with zero attached hydrogens (tertiary/aromatic N) is 3. The van der Waals surface area contributed by atoms with Crippen molar-refractivity contribution in [3.8, 4) is 22.9 Å². The minimum Gasteiger partial charge on any atom is -0.454 e. The Labute approximate surface area is 172 Å². The molecule has 0 saturated carbocycles. The molecule has 1 aliphatic rings. The first-order chi connectivity index (χ1) is 14.2. The largest absolute Gasteiger partial charge is 0.454 e. The molecule has 29 heavy (non-hydrogen) atoms. The summed E-state index contributed by atoms with van der Waals surface area (Å²) in [6.07, 6.45) is 0. The number of nitrogens with one attached hydrogen (secondary N) is 2. The molecule has 0 unspecified atom stereocenters. The van der Waals surface area contributed by atoms with Gasteiger partial charge in [0.1, 0.15) is 0 Å². The van der Waals surface area contributed by atoms with Crippen LogP contribution in [0.5, 0.6) is 11.5 Å². The SMILES string of the molecule is CCNC(=NCc1ccc2c(c1)OCO2)NCc1nc(-c2cccc(Cl)c2)no1. The second-order valence-corrected chi connectivity index (χ2v) is 6.69. The first-order valence-electron chi connectivity index (χ1n) is 9.20. The van der Waals surface area contributed by atoms with E-state index in [1.54, 1.807) is 12.1 Å². The normalized spacial score (nSPS) is 12.8. The summed E-state index contributed by atoms with van der Waals surface area (Å²) >= 11 is 6.02. The van der Waals surface area contributed by atoms with Crippen molar-refractivity contribution in [1.82, 2.24) is 20.8 Å². The average Bonchev–Trinajstić information content (AvgIpc) is 3.39. The minimum absolute atomic E-state index is 0.258. The Morgan fingerprint density at radius 1 is 1.14 bits per heavy atom. The molecule has 0 bridgehead atoms. The Morgan fingerprint density at radius 3 is 2.90 bits per heavy atom. The Hall–Kier alpha value is -3.26. The van der Waals surface area contributed by atoms with Crippen molar-refractivity contribution in [3.05, 3.63) is 58.9 Å². The number of hydrogen-bond acceptors (Lipinski definition) is 6. The van der Waals surface area contributed by atoms with Gasteiger partial charge in [-0.1, -0.05) is 35.0 Å². The first-order valence-corrected chi connectivity index (χ1v) is 9.58. The third-order valence-electron chi connectivity index (χ3n) is 4.16. The number of benzene rings is 2. The number of fused-ring (bicyclic) bond motifs is 1. The molecule has 0 atom stereocenters. The van der Waals surface area contributed by atoms with E-state index in [9.17, 15) is 0 Å². The van der Waals surface area contributed by atoms with Crippen LogP contribution in [0.2, 0.25) is 5.02 Å². The first kappa shape index (κ1) is 19.1. The highest BCUT2D eigenvalue weighted by Gasteiger charge is 2.13. The molecule has 9 heteroatoms. The Bertz CT molecular complexity index is 1020. The molecule has 0 aliphatic carbocycles. The van der Waals surface area contributed by atoms with Gasteiger partial charge in [0.05, 0.1) is 13.1 Å². The number of rotatable bonds is 6. The van der Waals surface area contributed by atoms with Crippen LogP contribution in [-0.4, -0.2) is 29.4 Å². The van der Waals surface area contributed by atoms with E-state index in [4.69, 9.17) is 25.6 Å². The van der Waals surface area contributed by atoms with E-state index < -0.39 is 0 Å². The van der Waals surface area contributed by atoms with Gasteiger partial charge in [-0.2, -0.15) is 4.98 Å². The van der Waals surface area contributed by atoms with Crippen molar-refractivity contribution in [2.45, 2.75) is 20.0 Å². The van der Waals surface area contributed by atoms with Crippen LogP contribution in [0.3, 0.4) is 0 Å². The lowest BCUT2D eigenvalue weighted by Gasteiger charge is -2.09. The van der Waals surface area contributed by atoms with Gasteiger partial charge in [0.15, 0.2) is 17.5 Å². The summed E-state index contributed by atoms with van der Waals surface area (Å²) in [7, 11) is 0. The predicted molar refractivity (Wildman–Crippen MR) is 109 cm³/mol. The average molecular weight is 414 g/mol. The topological polar surface area (TPSA) is 93.8 Å². The fraction of sp³-hybridized carbons (Fsp3) is 0.250. The van der Waals surface area contributed by atoms with Crippen LogP contribution in [0.15, 0.2) is 52.0 Å². The van der Waals surface area contributed by atoms with E-state index in [0.29, 0.717) is 35.8 Å². The van der Waals surface area contributed by atoms with E-state index in [2.05, 4.69) is 25.8 Å². The molecule has 2 aromatic carbocycles. The summed E-state index contributed by atoms with van der Waals surface area (Å²) in [4.78, 5) is 8.99. The van der Waals surface area contributed by atoms with Gasteiger partial charge in [-0.3, -0.25) is 0 Å². The van der Waals surface area contributed by atoms with Crippen LogP contribution in [0.4, 0.5) is 0 Å². The molecule has 4 rings (SSSR count). The van der Waals surface area contributed by atoms with Gasteiger partial charge in [-0.25, -0.2) is 4.99 Å². The number of guanidine groups is 1. The van der Waals surface area contributed by atoms with Crippen molar-refractivity contribution in [1.29, 1.82) is 0 Å². The molecule has 0 radical (unpaired) electrons. The second-order valence-electron chi connectivity index (χ2n) is 6.26. The molecular formula is C20H20ClN5O3. The number of aromatic nitrogens is 2. The van der Waals surface area contributed by atoms with Crippen LogP contribution >= 0.6 is 11.6 Å². The molecule has 8 nitrogen and oxygen atoms in total. The third-order valence-corrected chi connectivity index (χ3v) is 4.39.